The second-order valence-corrected chi connectivity index (χ2v) is 4.66. The topological polar surface area (TPSA) is 40.7 Å². The molecule has 0 unspecified atom stereocenters. The molecule has 0 aliphatic heterocycles. The minimum atomic E-state index is 0.889. The maximum atomic E-state index is 4.44. The van der Waals surface area contributed by atoms with Crippen molar-refractivity contribution in [2.45, 2.75) is 33.7 Å². The van der Waals surface area contributed by atoms with Crippen LogP contribution >= 0.6 is 0 Å². The van der Waals surface area contributed by atoms with E-state index in [1.165, 1.54) is 22.4 Å². The lowest BCUT2D eigenvalue weighted by atomic mass is 10.0. The Morgan fingerprint density at radius 1 is 1.22 bits per heavy atom. The zero-order valence-electron chi connectivity index (χ0n) is 11.4. The Kier molecular flexibility index (Phi) is 4.15. The van der Waals surface area contributed by atoms with Crippen molar-refractivity contribution in [3.8, 4) is 0 Å². The fourth-order valence-electron chi connectivity index (χ4n) is 2.12. The quantitative estimate of drug-likeness (QED) is 0.847. The van der Waals surface area contributed by atoms with E-state index in [0.717, 1.165) is 25.2 Å². The second-order valence-electron chi connectivity index (χ2n) is 4.66. The maximum Gasteiger partial charge on any atom is 0.0713 e. The average molecular weight is 243 g/mol. The van der Waals surface area contributed by atoms with E-state index < -0.39 is 0 Å². The summed E-state index contributed by atoms with van der Waals surface area (Å²) >= 11 is 0. The molecule has 2 rings (SSSR count). The third-order valence-electron chi connectivity index (χ3n) is 3.33. The molecule has 0 bridgehead atoms. The normalized spacial score (nSPS) is 10.8. The first-order chi connectivity index (χ1) is 8.72. The van der Waals surface area contributed by atoms with Crippen molar-refractivity contribution in [2.24, 2.45) is 0 Å². The Morgan fingerprint density at radius 2 is 2.00 bits per heavy atom. The Labute approximate surface area is 109 Å². The monoisotopic (exact) mass is 243 g/mol. The summed E-state index contributed by atoms with van der Waals surface area (Å²) in [7, 11) is 0. The van der Waals surface area contributed by atoms with Gasteiger partial charge in [0, 0.05) is 24.2 Å². The Bertz CT molecular complexity index is 514. The predicted molar refractivity (Wildman–Crippen MR) is 74.7 cm³/mol. The van der Waals surface area contributed by atoms with Gasteiger partial charge in [0.15, 0.2) is 0 Å². The van der Waals surface area contributed by atoms with Gasteiger partial charge < -0.3 is 5.32 Å². The zero-order chi connectivity index (χ0) is 13.0. The van der Waals surface area contributed by atoms with E-state index in [1.807, 2.05) is 0 Å². The third kappa shape index (κ3) is 2.79. The zero-order valence-corrected chi connectivity index (χ0v) is 11.4. The molecule has 0 saturated carbocycles. The Hall–Kier alpha value is -1.61. The lowest BCUT2D eigenvalue weighted by molar-refractivity contribution is 0.718. The molecule has 3 heteroatoms. The van der Waals surface area contributed by atoms with E-state index >= 15 is 0 Å². The molecule has 0 spiro atoms. The van der Waals surface area contributed by atoms with Crippen LogP contribution in [0.15, 0.2) is 24.3 Å². The van der Waals surface area contributed by atoms with E-state index in [0.29, 0.717) is 0 Å². The van der Waals surface area contributed by atoms with Crippen LogP contribution in [0.25, 0.3) is 0 Å². The van der Waals surface area contributed by atoms with Crippen LogP contribution in [0.1, 0.15) is 35.0 Å². The summed E-state index contributed by atoms with van der Waals surface area (Å²) in [6, 6.07) is 8.50. The predicted octanol–water partition coefficient (Wildman–Crippen LogP) is 2.73. The molecule has 0 radical (unpaired) electrons. The number of nitrogens with zero attached hydrogens (tertiary/aromatic N) is 1. The molecule has 0 atom stereocenters. The van der Waals surface area contributed by atoms with Crippen molar-refractivity contribution < 1.29 is 0 Å². The molecule has 0 aliphatic carbocycles. The fraction of sp³-hybridized carbons (Fsp3) is 0.400. The molecule has 0 amide bonds. The highest BCUT2D eigenvalue weighted by Crippen LogP contribution is 2.17. The highest BCUT2D eigenvalue weighted by Gasteiger charge is 2.11. The molecule has 0 fully saturated rings. The summed E-state index contributed by atoms with van der Waals surface area (Å²) in [6.07, 6.45) is 0.901. The van der Waals surface area contributed by atoms with Gasteiger partial charge in [0.2, 0.25) is 0 Å². The summed E-state index contributed by atoms with van der Waals surface area (Å²) in [4.78, 5) is 0. The van der Waals surface area contributed by atoms with Crippen LogP contribution in [-0.2, 0) is 13.0 Å². The lowest BCUT2D eigenvalue weighted by Crippen LogP contribution is -2.13. The smallest absolute Gasteiger partial charge is 0.0713 e. The fourth-order valence-corrected chi connectivity index (χ4v) is 2.12. The number of H-pyrrole nitrogens is 1. The van der Waals surface area contributed by atoms with Gasteiger partial charge in [-0.05, 0) is 31.5 Å². The van der Waals surface area contributed by atoms with Gasteiger partial charge >= 0.3 is 0 Å². The molecular weight excluding hydrogens is 222 g/mol. The SMILES string of the molecule is CCNCc1c(Cc2ccccc2C)n[nH]c1C. The average Bonchev–Trinajstić information content (AvgIpc) is 2.71. The van der Waals surface area contributed by atoms with E-state index in [1.54, 1.807) is 0 Å². The van der Waals surface area contributed by atoms with Gasteiger partial charge in [0.1, 0.15) is 0 Å². The number of hydrogen-bond acceptors (Lipinski definition) is 2. The number of aromatic amines is 1. The number of hydrogen-bond donors (Lipinski definition) is 2. The van der Waals surface area contributed by atoms with Crippen molar-refractivity contribution in [3.05, 3.63) is 52.3 Å². The van der Waals surface area contributed by atoms with Gasteiger partial charge in [-0.15, -0.1) is 0 Å². The van der Waals surface area contributed by atoms with Gasteiger partial charge in [-0.3, -0.25) is 5.10 Å². The van der Waals surface area contributed by atoms with Crippen LogP contribution in [0, 0.1) is 13.8 Å². The molecule has 1 aromatic heterocycles. The first-order valence-corrected chi connectivity index (χ1v) is 6.50. The number of benzene rings is 1. The highest BCUT2D eigenvalue weighted by atomic mass is 15.1. The van der Waals surface area contributed by atoms with Crippen LogP contribution in [0.2, 0.25) is 0 Å². The van der Waals surface area contributed by atoms with E-state index in [-0.39, 0.29) is 0 Å². The van der Waals surface area contributed by atoms with E-state index in [9.17, 15) is 0 Å². The second kappa shape index (κ2) is 5.83. The number of aryl methyl sites for hydroxylation is 2. The lowest BCUT2D eigenvalue weighted by Gasteiger charge is -2.07. The molecule has 3 nitrogen and oxygen atoms in total. The Morgan fingerprint density at radius 3 is 2.72 bits per heavy atom. The van der Waals surface area contributed by atoms with Gasteiger partial charge in [-0.1, -0.05) is 31.2 Å². The molecule has 1 aromatic carbocycles. The summed E-state index contributed by atoms with van der Waals surface area (Å²) in [5, 5.41) is 10.9. The molecule has 0 saturated heterocycles. The molecule has 96 valence electrons. The highest BCUT2D eigenvalue weighted by molar-refractivity contribution is 5.34. The molecule has 1 heterocycles. The third-order valence-corrected chi connectivity index (χ3v) is 3.33. The van der Waals surface area contributed by atoms with Gasteiger partial charge in [0.25, 0.3) is 0 Å². The molecular formula is C15H21N3. The van der Waals surface area contributed by atoms with Crippen LogP contribution in [0.5, 0.6) is 0 Å². The molecule has 2 N–H and O–H groups in total. The van der Waals surface area contributed by atoms with Crippen molar-refractivity contribution >= 4 is 0 Å². The summed E-state index contributed by atoms with van der Waals surface area (Å²) < 4.78 is 0. The summed E-state index contributed by atoms with van der Waals surface area (Å²) in [5.41, 5.74) is 6.30. The molecule has 0 aliphatic rings. The minimum absolute atomic E-state index is 0.889. The minimum Gasteiger partial charge on any atom is -0.313 e. The molecule has 18 heavy (non-hydrogen) atoms. The van der Waals surface area contributed by atoms with Crippen LogP contribution in [0.3, 0.4) is 0 Å². The Balaban J connectivity index is 2.21. The van der Waals surface area contributed by atoms with Crippen molar-refractivity contribution in [3.63, 3.8) is 0 Å². The number of rotatable bonds is 5. The summed E-state index contributed by atoms with van der Waals surface area (Å²) in [6.45, 7) is 8.23. The number of nitrogens with one attached hydrogen (secondary N) is 2. The van der Waals surface area contributed by atoms with E-state index in [4.69, 9.17) is 0 Å². The van der Waals surface area contributed by atoms with Crippen molar-refractivity contribution in [1.82, 2.24) is 15.5 Å². The molecule has 2 aromatic rings. The maximum absolute atomic E-state index is 4.44. The number of aromatic nitrogens is 2. The van der Waals surface area contributed by atoms with Gasteiger partial charge in [-0.2, -0.15) is 5.10 Å². The van der Waals surface area contributed by atoms with Crippen molar-refractivity contribution in [2.75, 3.05) is 6.54 Å². The van der Waals surface area contributed by atoms with E-state index in [2.05, 4.69) is 60.6 Å². The van der Waals surface area contributed by atoms with Gasteiger partial charge in [-0.25, -0.2) is 0 Å². The van der Waals surface area contributed by atoms with Crippen LogP contribution in [-0.4, -0.2) is 16.7 Å². The first-order valence-electron chi connectivity index (χ1n) is 6.50. The van der Waals surface area contributed by atoms with Crippen LogP contribution in [0.4, 0.5) is 0 Å². The first kappa shape index (κ1) is 12.8. The van der Waals surface area contributed by atoms with Crippen molar-refractivity contribution in [1.29, 1.82) is 0 Å². The van der Waals surface area contributed by atoms with Gasteiger partial charge in [0.05, 0.1) is 5.69 Å². The summed E-state index contributed by atoms with van der Waals surface area (Å²) in [5.74, 6) is 0. The standard InChI is InChI=1S/C15H21N3/c1-4-16-10-14-12(3)17-18-15(14)9-13-8-6-5-7-11(13)2/h5-8,16H,4,9-10H2,1-3H3,(H,17,18). The van der Waals surface area contributed by atoms with Crippen LogP contribution < -0.4 is 5.32 Å². The largest absolute Gasteiger partial charge is 0.313 e.